The van der Waals surface area contributed by atoms with E-state index < -0.39 is 0 Å². The summed E-state index contributed by atoms with van der Waals surface area (Å²) in [5, 5.41) is 0. The average molecular weight is 354 g/mol. The molecular formula is C23H31NO2. The second kappa shape index (κ2) is 8.39. The van der Waals surface area contributed by atoms with Gasteiger partial charge < -0.3 is 9.64 Å². The highest BCUT2D eigenvalue weighted by atomic mass is 16.5. The van der Waals surface area contributed by atoms with Crippen molar-refractivity contribution < 1.29 is 9.53 Å². The molecule has 1 amide bonds. The zero-order valence-corrected chi connectivity index (χ0v) is 15.7. The highest BCUT2D eigenvalue weighted by Gasteiger charge is 2.38. The van der Waals surface area contributed by atoms with Crippen LogP contribution in [0.25, 0.3) is 0 Å². The quantitative estimate of drug-likeness (QED) is 0.675. The topological polar surface area (TPSA) is 29.5 Å². The van der Waals surface area contributed by atoms with Crippen molar-refractivity contribution in [2.24, 2.45) is 5.92 Å². The van der Waals surface area contributed by atoms with Gasteiger partial charge in [0.25, 0.3) is 0 Å². The molecule has 0 radical (unpaired) electrons. The number of carbonyl (C=O) groups excluding carboxylic acids is 1. The Morgan fingerprint density at radius 2 is 1.96 bits per heavy atom. The monoisotopic (exact) mass is 353 g/mol. The lowest BCUT2D eigenvalue weighted by Gasteiger charge is -2.29. The number of hydrogen-bond acceptors (Lipinski definition) is 2. The minimum Gasteiger partial charge on any atom is -0.376 e. The van der Waals surface area contributed by atoms with Crippen LogP contribution in [0.1, 0.15) is 56.9 Å². The van der Waals surface area contributed by atoms with Gasteiger partial charge in [0.05, 0.1) is 12.1 Å². The lowest BCUT2D eigenvalue weighted by atomic mass is 9.96. The molecule has 4 rings (SSSR count). The third kappa shape index (κ3) is 4.56. The summed E-state index contributed by atoms with van der Waals surface area (Å²) < 4.78 is 6.27. The largest absolute Gasteiger partial charge is 0.376 e. The number of ether oxygens (including phenoxy) is 1. The van der Waals surface area contributed by atoms with Crippen molar-refractivity contribution in [2.45, 2.75) is 69.9 Å². The van der Waals surface area contributed by atoms with E-state index in [1.165, 1.54) is 36.8 Å². The molecule has 0 unspecified atom stereocenters. The fourth-order valence-electron chi connectivity index (χ4n) is 4.33. The van der Waals surface area contributed by atoms with Crippen LogP contribution in [0.2, 0.25) is 0 Å². The van der Waals surface area contributed by atoms with Gasteiger partial charge in [0.2, 0.25) is 5.91 Å². The number of allylic oxidation sites excluding steroid dienone is 1. The van der Waals surface area contributed by atoms with Gasteiger partial charge in [-0.3, -0.25) is 4.79 Å². The standard InChI is InChI=1S/C23H31NO2/c25-23(16-19-9-5-2-6-10-19)24-14-13-22(26-17-20-11-12-20)21(24)15-18-7-3-1-4-8-18/h1,3-4,7-9,20-22H,2,5-6,10-17H2/t21-,22+/m0/s1. The van der Waals surface area contributed by atoms with Crippen LogP contribution >= 0.6 is 0 Å². The SMILES string of the molecule is O=C(CC1=CCCCC1)N1CC[C@@H](OCC2CC2)[C@@H]1Cc1ccccc1. The normalized spacial score (nSPS) is 26.0. The molecule has 0 aromatic heterocycles. The van der Waals surface area contributed by atoms with Gasteiger partial charge in [-0.05, 0) is 62.8 Å². The second-order valence-corrected chi connectivity index (χ2v) is 8.23. The van der Waals surface area contributed by atoms with E-state index in [1.54, 1.807) is 0 Å². The Morgan fingerprint density at radius 3 is 2.69 bits per heavy atom. The van der Waals surface area contributed by atoms with E-state index in [-0.39, 0.29) is 12.1 Å². The highest BCUT2D eigenvalue weighted by molar-refractivity contribution is 5.79. The van der Waals surface area contributed by atoms with Crippen LogP contribution in [0.5, 0.6) is 0 Å². The van der Waals surface area contributed by atoms with Crippen LogP contribution < -0.4 is 0 Å². The summed E-state index contributed by atoms with van der Waals surface area (Å²) in [7, 11) is 0. The summed E-state index contributed by atoms with van der Waals surface area (Å²) in [4.78, 5) is 15.2. The van der Waals surface area contributed by atoms with Gasteiger partial charge in [0, 0.05) is 19.6 Å². The molecule has 1 saturated heterocycles. The molecule has 2 fully saturated rings. The Hall–Kier alpha value is -1.61. The number of rotatable bonds is 7. The maximum absolute atomic E-state index is 13.0. The third-order valence-corrected chi connectivity index (χ3v) is 6.10. The van der Waals surface area contributed by atoms with Crippen molar-refractivity contribution in [3.8, 4) is 0 Å². The fraction of sp³-hybridized carbons (Fsp3) is 0.609. The first-order valence-corrected chi connectivity index (χ1v) is 10.4. The first kappa shape index (κ1) is 17.8. The van der Waals surface area contributed by atoms with Gasteiger partial charge >= 0.3 is 0 Å². The Morgan fingerprint density at radius 1 is 1.12 bits per heavy atom. The van der Waals surface area contributed by atoms with Gasteiger partial charge in [-0.2, -0.15) is 0 Å². The van der Waals surface area contributed by atoms with Crippen LogP contribution in [0.15, 0.2) is 42.0 Å². The van der Waals surface area contributed by atoms with Crippen molar-refractivity contribution in [3.05, 3.63) is 47.5 Å². The summed E-state index contributed by atoms with van der Waals surface area (Å²) in [6.45, 7) is 1.72. The Bertz CT molecular complexity index is 635. The van der Waals surface area contributed by atoms with Gasteiger partial charge in [0.15, 0.2) is 0 Å². The molecule has 1 aliphatic heterocycles. The number of likely N-dealkylation sites (tertiary alicyclic amines) is 1. The molecule has 140 valence electrons. The summed E-state index contributed by atoms with van der Waals surface area (Å²) in [5.74, 6) is 1.07. The van der Waals surface area contributed by atoms with E-state index in [2.05, 4.69) is 41.3 Å². The molecule has 0 spiro atoms. The molecule has 1 heterocycles. The zero-order chi connectivity index (χ0) is 17.8. The molecule has 26 heavy (non-hydrogen) atoms. The van der Waals surface area contributed by atoms with Crippen molar-refractivity contribution in [2.75, 3.05) is 13.2 Å². The molecule has 0 bridgehead atoms. The lowest BCUT2D eigenvalue weighted by molar-refractivity contribution is -0.132. The maximum Gasteiger partial charge on any atom is 0.227 e. The number of amides is 1. The van der Waals surface area contributed by atoms with E-state index in [0.717, 1.165) is 44.8 Å². The summed E-state index contributed by atoms with van der Waals surface area (Å²) >= 11 is 0. The van der Waals surface area contributed by atoms with Crippen molar-refractivity contribution in [1.82, 2.24) is 4.90 Å². The van der Waals surface area contributed by atoms with Crippen LogP contribution in [0.4, 0.5) is 0 Å². The number of hydrogen-bond donors (Lipinski definition) is 0. The molecule has 1 aromatic rings. The van der Waals surface area contributed by atoms with Gasteiger partial charge in [-0.25, -0.2) is 0 Å². The minimum atomic E-state index is 0.188. The van der Waals surface area contributed by atoms with Crippen LogP contribution in [-0.2, 0) is 16.0 Å². The summed E-state index contributed by atoms with van der Waals surface area (Å²) in [6.07, 6.45) is 12.4. The number of benzene rings is 1. The van der Waals surface area contributed by atoms with E-state index in [0.29, 0.717) is 12.3 Å². The minimum absolute atomic E-state index is 0.188. The van der Waals surface area contributed by atoms with E-state index in [9.17, 15) is 4.79 Å². The molecule has 1 saturated carbocycles. The van der Waals surface area contributed by atoms with Crippen LogP contribution in [0, 0.1) is 5.92 Å². The van der Waals surface area contributed by atoms with Gasteiger partial charge in [0.1, 0.15) is 0 Å². The fourth-order valence-corrected chi connectivity index (χ4v) is 4.33. The smallest absolute Gasteiger partial charge is 0.227 e. The zero-order valence-electron chi connectivity index (χ0n) is 15.7. The third-order valence-electron chi connectivity index (χ3n) is 6.10. The molecule has 0 N–H and O–H groups in total. The van der Waals surface area contributed by atoms with Crippen molar-refractivity contribution >= 4 is 5.91 Å². The molecule has 2 atom stereocenters. The van der Waals surface area contributed by atoms with Gasteiger partial charge in [-0.15, -0.1) is 0 Å². The molecule has 3 aliphatic rings. The maximum atomic E-state index is 13.0. The first-order chi connectivity index (χ1) is 12.8. The van der Waals surface area contributed by atoms with Gasteiger partial charge in [-0.1, -0.05) is 42.0 Å². The summed E-state index contributed by atoms with van der Waals surface area (Å²) in [6, 6.07) is 10.8. The molecule has 2 aliphatic carbocycles. The predicted molar refractivity (Wildman–Crippen MR) is 104 cm³/mol. The number of carbonyl (C=O) groups is 1. The summed E-state index contributed by atoms with van der Waals surface area (Å²) in [5.41, 5.74) is 2.65. The Balaban J connectivity index is 1.43. The highest BCUT2D eigenvalue weighted by Crippen LogP contribution is 2.32. The predicted octanol–water partition coefficient (Wildman–Crippen LogP) is 4.52. The molecule has 1 aromatic carbocycles. The van der Waals surface area contributed by atoms with E-state index >= 15 is 0 Å². The van der Waals surface area contributed by atoms with Crippen LogP contribution in [-0.4, -0.2) is 36.1 Å². The molecular weight excluding hydrogens is 322 g/mol. The average Bonchev–Trinajstić information content (AvgIpc) is 3.42. The van der Waals surface area contributed by atoms with E-state index in [1.807, 2.05) is 0 Å². The Labute approximate surface area is 157 Å². The second-order valence-electron chi connectivity index (χ2n) is 8.23. The van der Waals surface area contributed by atoms with Crippen molar-refractivity contribution in [3.63, 3.8) is 0 Å². The van der Waals surface area contributed by atoms with Crippen molar-refractivity contribution in [1.29, 1.82) is 0 Å². The first-order valence-electron chi connectivity index (χ1n) is 10.4. The molecule has 3 heteroatoms. The van der Waals surface area contributed by atoms with Crippen LogP contribution in [0.3, 0.4) is 0 Å². The Kier molecular flexibility index (Phi) is 5.74. The lowest BCUT2D eigenvalue weighted by Crippen LogP contribution is -2.42. The molecule has 3 nitrogen and oxygen atoms in total. The number of nitrogens with zero attached hydrogens (tertiary/aromatic N) is 1. The van der Waals surface area contributed by atoms with E-state index in [4.69, 9.17) is 4.74 Å².